The van der Waals surface area contributed by atoms with Crippen molar-refractivity contribution in [2.75, 3.05) is 46.4 Å². The summed E-state index contributed by atoms with van der Waals surface area (Å²) in [5.41, 5.74) is 1.16. The Morgan fingerprint density at radius 3 is 2.89 bits per heavy atom. The van der Waals surface area contributed by atoms with Crippen molar-refractivity contribution >= 4 is 29.9 Å². The zero-order valence-corrected chi connectivity index (χ0v) is 19.4. The molecule has 1 fully saturated rings. The molecule has 0 aromatic heterocycles. The molecular weight excluding hydrogens is 455 g/mol. The summed E-state index contributed by atoms with van der Waals surface area (Å²) < 4.78 is 11.4. The number of rotatable bonds is 8. The van der Waals surface area contributed by atoms with Gasteiger partial charge in [-0.25, -0.2) is 0 Å². The van der Waals surface area contributed by atoms with Crippen LogP contribution in [0, 0.1) is 5.92 Å². The summed E-state index contributed by atoms with van der Waals surface area (Å²) in [6, 6.07) is 8.12. The second kappa shape index (κ2) is 13.2. The molecule has 0 bridgehead atoms. The van der Waals surface area contributed by atoms with E-state index in [0.29, 0.717) is 19.1 Å². The van der Waals surface area contributed by atoms with Gasteiger partial charge in [-0.3, -0.25) is 9.89 Å². The highest BCUT2D eigenvalue weighted by molar-refractivity contribution is 14.0. The van der Waals surface area contributed by atoms with E-state index in [4.69, 9.17) is 9.47 Å². The Kier molecular flexibility index (Phi) is 11.7. The van der Waals surface area contributed by atoms with Gasteiger partial charge in [0.25, 0.3) is 0 Å². The standard InChI is InChI=1S/C20H34N4O2.HI/c1-5-25-18-8-6-7-17(11-18)12-22-20(21-4)23-13-19-15-24(9-10-26-19)14-16(2)3;/h6-8,11,16,19H,5,9-10,12-15H2,1-4H3,(H2,21,22,23);1H. The predicted molar refractivity (Wildman–Crippen MR) is 122 cm³/mol. The molecule has 1 atom stereocenters. The van der Waals surface area contributed by atoms with E-state index < -0.39 is 0 Å². The molecule has 1 heterocycles. The van der Waals surface area contributed by atoms with E-state index in [1.807, 2.05) is 19.1 Å². The number of guanidine groups is 1. The Labute approximate surface area is 181 Å². The highest BCUT2D eigenvalue weighted by atomic mass is 127. The van der Waals surface area contributed by atoms with Crippen LogP contribution in [0.3, 0.4) is 0 Å². The van der Waals surface area contributed by atoms with Gasteiger partial charge < -0.3 is 20.1 Å². The smallest absolute Gasteiger partial charge is 0.191 e. The lowest BCUT2D eigenvalue weighted by molar-refractivity contribution is -0.0284. The lowest BCUT2D eigenvalue weighted by atomic mass is 10.2. The van der Waals surface area contributed by atoms with Gasteiger partial charge in [-0.15, -0.1) is 24.0 Å². The van der Waals surface area contributed by atoms with Crippen molar-refractivity contribution in [1.82, 2.24) is 15.5 Å². The maximum atomic E-state index is 5.89. The molecule has 1 unspecified atom stereocenters. The van der Waals surface area contributed by atoms with Crippen LogP contribution in [0.1, 0.15) is 26.3 Å². The third-order valence-corrected chi connectivity index (χ3v) is 4.24. The quantitative estimate of drug-likeness (QED) is 0.334. The topological polar surface area (TPSA) is 58.1 Å². The van der Waals surface area contributed by atoms with E-state index in [1.165, 1.54) is 0 Å². The Morgan fingerprint density at radius 1 is 1.37 bits per heavy atom. The number of aliphatic imine (C=N–C) groups is 1. The summed E-state index contributed by atoms with van der Waals surface area (Å²) in [6.45, 7) is 12.6. The SMILES string of the molecule is CCOc1cccc(CNC(=NC)NCC2CN(CC(C)C)CCO2)c1.I. The fourth-order valence-corrected chi connectivity index (χ4v) is 3.11. The molecule has 1 saturated heterocycles. The molecule has 6 nitrogen and oxygen atoms in total. The van der Waals surface area contributed by atoms with Gasteiger partial charge in [-0.1, -0.05) is 26.0 Å². The third-order valence-electron chi connectivity index (χ3n) is 4.24. The molecule has 1 aliphatic rings. The first kappa shape index (κ1) is 24.0. The zero-order chi connectivity index (χ0) is 18.8. The Bertz CT molecular complexity index is 569. The molecule has 7 heteroatoms. The van der Waals surface area contributed by atoms with Gasteiger partial charge in [0.05, 0.1) is 19.3 Å². The zero-order valence-electron chi connectivity index (χ0n) is 17.0. The van der Waals surface area contributed by atoms with Gasteiger partial charge in [0, 0.05) is 39.8 Å². The van der Waals surface area contributed by atoms with Gasteiger partial charge in [0.15, 0.2) is 5.96 Å². The molecule has 1 aliphatic heterocycles. The largest absolute Gasteiger partial charge is 0.494 e. The fourth-order valence-electron chi connectivity index (χ4n) is 3.11. The molecular formula is C20H35IN4O2. The molecule has 2 N–H and O–H groups in total. The molecule has 2 rings (SSSR count). The molecule has 154 valence electrons. The van der Waals surface area contributed by atoms with E-state index in [2.05, 4.69) is 46.5 Å². The van der Waals surface area contributed by atoms with Crippen molar-refractivity contribution in [3.05, 3.63) is 29.8 Å². The normalized spacial score (nSPS) is 18.1. The summed E-state index contributed by atoms with van der Waals surface area (Å²) in [4.78, 5) is 6.79. The van der Waals surface area contributed by atoms with Crippen LogP contribution in [0.5, 0.6) is 5.75 Å². The van der Waals surface area contributed by atoms with Gasteiger partial charge in [0.1, 0.15) is 5.75 Å². The summed E-state index contributed by atoms with van der Waals surface area (Å²) in [5.74, 6) is 2.37. The number of halogens is 1. The van der Waals surface area contributed by atoms with Crippen molar-refractivity contribution in [2.45, 2.75) is 33.4 Å². The minimum atomic E-state index is 0. The van der Waals surface area contributed by atoms with E-state index in [0.717, 1.165) is 50.1 Å². The van der Waals surface area contributed by atoms with E-state index in [1.54, 1.807) is 7.05 Å². The molecule has 0 radical (unpaired) electrons. The van der Waals surface area contributed by atoms with Gasteiger partial charge in [0.2, 0.25) is 0 Å². The first-order chi connectivity index (χ1) is 12.6. The Morgan fingerprint density at radius 2 is 2.19 bits per heavy atom. The van der Waals surface area contributed by atoms with E-state index in [-0.39, 0.29) is 30.1 Å². The minimum absolute atomic E-state index is 0. The number of hydrogen-bond donors (Lipinski definition) is 2. The fraction of sp³-hybridized carbons (Fsp3) is 0.650. The lowest BCUT2D eigenvalue weighted by Gasteiger charge is -2.34. The Hall–Kier alpha value is -1.06. The molecule has 0 saturated carbocycles. The average Bonchev–Trinajstić information content (AvgIpc) is 2.62. The summed E-state index contributed by atoms with van der Waals surface area (Å²) >= 11 is 0. The first-order valence-corrected chi connectivity index (χ1v) is 9.61. The molecule has 0 aliphatic carbocycles. The average molecular weight is 490 g/mol. The van der Waals surface area contributed by atoms with Crippen molar-refractivity contribution < 1.29 is 9.47 Å². The molecule has 1 aromatic carbocycles. The highest BCUT2D eigenvalue weighted by Gasteiger charge is 2.21. The number of morpholine rings is 1. The summed E-state index contributed by atoms with van der Waals surface area (Å²) in [5, 5.41) is 6.73. The number of ether oxygens (including phenoxy) is 2. The van der Waals surface area contributed by atoms with Crippen LogP contribution < -0.4 is 15.4 Å². The van der Waals surface area contributed by atoms with Crippen LogP contribution in [-0.2, 0) is 11.3 Å². The van der Waals surface area contributed by atoms with E-state index in [9.17, 15) is 0 Å². The maximum absolute atomic E-state index is 5.89. The van der Waals surface area contributed by atoms with Crippen LogP contribution in [-0.4, -0.2) is 63.4 Å². The molecule has 1 aromatic rings. The van der Waals surface area contributed by atoms with Gasteiger partial charge >= 0.3 is 0 Å². The van der Waals surface area contributed by atoms with Crippen molar-refractivity contribution in [3.63, 3.8) is 0 Å². The Balaban J connectivity index is 0.00000364. The second-order valence-electron chi connectivity index (χ2n) is 7.03. The summed E-state index contributed by atoms with van der Waals surface area (Å²) in [7, 11) is 1.79. The van der Waals surface area contributed by atoms with Crippen LogP contribution in [0.15, 0.2) is 29.3 Å². The van der Waals surface area contributed by atoms with Crippen molar-refractivity contribution in [3.8, 4) is 5.75 Å². The van der Waals surface area contributed by atoms with Crippen LogP contribution in [0.25, 0.3) is 0 Å². The molecule has 0 amide bonds. The van der Waals surface area contributed by atoms with Crippen molar-refractivity contribution in [1.29, 1.82) is 0 Å². The maximum Gasteiger partial charge on any atom is 0.191 e. The number of benzene rings is 1. The number of nitrogens with zero attached hydrogens (tertiary/aromatic N) is 2. The summed E-state index contributed by atoms with van der Waals surface area (Å²) in [6.07, 6.45) is 0.197. The predicted octanol–water partition coefficient (Wildman–Crippen LogP) is 2.73. The van der Waals surface area contributed by atoms with E-state index >= 15 is 0 Å². The second-order valence-corrected chi connectivity index (χ2v) is 7.03. The minimum Gasteiger partial charge on any atom is -0.494 e. The monoisotopic (exact) mass is 490 g/mol. The van der Waals surface area contributed by atoms with Crippen molar-refractivity contribution in [2.24, 2.45) is 10.9 Å². The number of nitrogens with one attached hydrogen (secondary N) is 2. The van der Waals surface area contributed by atoms with Gasteiger partial charge in [-0.2, -0.15) is 0 Å². The third kappa shape index (κ3) is 9.12. The molecule has 27 heavy (non-hydrogen) atoms. The molecule has 0 spiro atoms. The van der Waals surface area contributed by atoms with Crippen LogP contribution >= 0.6 is 24.0 Å². The lowest BCUT2D eigenvalue weighted by Crippen LogP contribution is -2.50. The first-order valence-electron chi connectivity index (χ1n) is 9.61. The van der Waals surface area contributed by atoms with Gasteiger partial charge in [-0.05, 0) is 30.5 Å². The van der Waals surface area contributed by atoms with Crippen LogP contribution in [0.4, 0.5) is 0 Å². The van der Waals surface area contributed by atoms with Crippen LogP contribution in [0.2, 0.25) is 0 Å². The highest BCUT2D eigenvalue weighted by Crippen LogP contribution is 2.13. The number of hydrogen-bond acceptors (Lipinski definition) is 4.